The Hall–Kier alpha value is -1.62. The average Bonchev–Trinajstić information content (AvgIpc) is 2.33. The van der Waals surface area contributed by atoms with E-state index in [4.69, 9.17) is 5.26 Å². The van der Waals surface area contributed by atoms with Crippen LogP contribution in [0.3, 0.4) is 0 Å². The lowest BCUT2D eigenvalue weighted by Crippen LogP contribution is -2.11. The summed E-state index contributed by atoms with van der Waals surface area (Å²) in [6.07, 6.45) is 3.55. The van der Waals surface area contributed by atoms with Crippen LogP contribution in [0.1, 0.15) is 49.7 Å². The lowest BCUT2D eigenvalue weighted by atomic mass is 9.90. The van der Waals surface area contributed by atoms with Crippen molar-refractivity contribution in [2.24, 2.45) is 0 Å². The van der Waals surface area contributed by atoms with Gasteiger partial charge < -0.3 is 0 Å². The molecule has 1 aromatic rings. The van der Waals surface area contributed by atoms with Crippen molar-refractivity contribution in [3.8, 4) is 6.07 Å². The normalized spacial score (nSPS) is 11.8. The third kappa shape index (κ3) is 3.71. The first kappa shape index (κ1) is 13.4. The van der Waals surface area contributed by atoms with Gasteiger partial charge in [-0.2, -0.15) is 5.26 Å². The van der Waals surface area contributed by atoms with Crippen molar-refractivity contribution in [2.45, 2.75) is 45.4 Å². The van der Waals surface area contributed by atoms with Gasteiger partial charge in [0.1, 0.15) is 5.92 Å². The van der Waals surface area contributed by atoms with Crippen LogP contribution in [0.4, 0.5) is 0 Å². The molecule has 0 aliphatic rings. The molecule has 0 radical (unpaired) electrons. The molecule has 2 nitrogen and oxygen atoms in total. The van der Waals surface area contributed by atoms with Gasteiger partial charge in [-0.15, -0.1) is 0 Å². The molecular formula is C15H19NO. The van der Waals surface area contributed by atoms with Crippen LogP contribution < -0.4 is 0 Å². The van der Waals surface area contributed by atoms with E-state index in [2.05, 4.69) is 13.0 Å². The highest BCUT2D eigenvalue weighted by Gasteiger charge is 2.20. The van der Waals surface area contributed by atoms with E-state index in [1.807, 2.05) is 31.2 Å². The Kier molecular flexibility index (Phi) is 5.42. The fraction of sp³-hybridized carbons (Fsp3) is 0.467. The van der Waals surface area contributed by atoms with Gasteiger partial charge in [0.15, 0.2) is 5.78 Å². The number of ketones is 1. The van der Waals surface area contributed by atoms with Crippen molar-refractivity contribution in [3.05, 3.63) is 35.4 Å². The van der Waals surface area contributed by atoms with E-state index < -0.39 is 5.92 Å². The largest absolute Gasteiger partial charge is 0.298 e. The molecular weight excluding hydrogens is 210 g/mol. The SMILES string of the molecule is CCCCCC(=O)C(C#N)c1ccccc1C. The number of aryl methyl sites for hydroxylation is 1. The second-order valence-electron chi connectivity index (χ2n) is 4.34. The zero-order valence-electron chi connectivity index (χ0n) is 10.6. The van der Waals surface area contributed by atoms with Gasteiger partial charge in [0, 0.05) is 6.42 Å². The van der Waals surface area contributed by atoms with Gasteiger partial charge in [-0.3, -0.25) is 4.79 Å². The predicted octanol–water partition coefficient (Wildman–Crippen LogP) is 3.75. The first-order chi connectivity index (χ1) is 8.20. The summed E-state index contributed by atoms with van der Waals surface area (Å²) in [7, 11) is 0. The van der Waals surface area contributed by atoms with E-state index in [0.717, 1.165) is 30.4 Å². The maximum absolute atomic E-state index is 12.0. The number of benzene rings is 1. The summed E-state index contributed by atoms with van der Waals surface area (Å²) in [5.74, 6) is -0.539. The van der Waals surface area contributed by atoms with Crippen LogP contribution in [-0.2, 0) is 4.79 Å². The summed E-state index contributed by atoms with van der Waals surface area (Å²) < 4.78 is 0. The molecule has 0 N–H and O–H groups in total. The first-order valence-electron chi connectivity index (χ1n) is 6.18. The molecule has 0 heterocycles. The van der Waals surface area contributed by atoms with E-state index in [-0.39, 0.29) is 5.78 Å². The van der Waals surface area contributed by atoms with Crippen molar-refractivity contribution < 1.29 is 4.79 Å². The van der Waals surface area contributed by atoms with E-state index in [1.165, 1.54) is 0 Å². The fourth-order valence-electron chi connectivity index (χ4n) is 1.92. The minimum Gasteiger partial charge on any atom is -0.298 e. The van der Waals surface area contributed by atoms with Gasteiger partial charge in [0.2, 0.25) is 0 Å². The number of rotatable bonds is 6. The molecule has 0 aliphatic heterocycles. The Labute approximate surface area is 103 Å². The second kappa shape index (κ2) is 6.85. The molecule has 0 bridgehead atoms. The van der Waals surface area contributed by atoms with Crippen LogP contribution in [0.5, 0.6) is 0 Å². The van der Waals surface area contributed by atoms with Crippen LogP contribution in [0, 0.1) is 18.3 Å². The molecule has 2 heteroatoms. The second-order valence-corrected chi connectivity index (χ2v) is 4.34. The number of unbranched alkanes of at least 4 members (excludes halogenated alkanes) is 2. The van der Waals surface area contributed by atoms with Crippen LogP contribution in [0.2, 0.25) is 0 Å². The predicted molar refractivity (Wildman–Crippen MR) is 68.7 cm³/mol. The lowest BCUT2D eigenvalue weighted by Gasteiger charge is -2.11. The summed E-state index contributed by atoms with van der Waals surface area (Å²) in [4.78, 5) is 12.0. The van der Waals surface area contributed by atoms with E-state index in [0.29, 0.717) is 6.42 Å². The van der Waals surface area contributed by atoms with Crippen LogP contribution in [0.15, 0.2) is 24.3 Å². The zero-order chi connectivity index (χ0) is 12.7. The van der Waals surface area contributed by atoms with Gasteiger partial charge in [-0.1, -0.05) is 44.0 Å². The van der Waals surface area contributed by atoms with Gasteiger partial charge >= 0.3 is 0 Å². The van der Waals surface area contributed by atoms with Gasteiger partial charge in [-0.05, 0) is 24.5 Å². The third-order valence-corrected chi connectivity index (χ3v) is 2.98. The highest BCUT2D eigenvalue weighted by atomic mass is 16.1. The molecule has 1 unspecified atom stereocenters. The van der Waals surface area contributed by atoms with Gasteiger partial charge in [0.25, 0.3) is 0 Å². The summed E-state index contributed by atoms with van der Waals surface area (Å²) in [6.45, 7) is 4.05. The van der Waals surface area contributed by atoms with Crippen molar-refractivity contribution >= 4 is 5.78 Å². The minimum atomic E-state index is -0.590. The topological polar surface area (TPSA) is 40.9 Å². The molecule has 0 aromatic heterocycles. The molecule has 1 aromatic carbocycles. The molecule has 17 heavy (non-hydrogen) atoms. The number of nitrogens with zero attached hydrogens (tertiary/aromatic N) is 1. The fourth-order valence-corrected chi connectivity index (χ4v) is 1.92. The molecule has 90 valence electrons. The molecule has 0 aliphatic carbocycles. The molecule has 0 fully saturated rings. The molecule has 1 atom stereocenters. The monoisotopic (exact) mass is 229 g/mol. The summed E-state index contributed by atoms with van der Waals surface area (Å²) >= 11 is 0. The third-order valence-electron chi connectivity index (χ3n) is 2.98. The Morgan fingerprint density at radius 1 is 1.35 bits per heavy atom. The molecule has 0 spiro atoms. The van der Waals surface area contributed by atoms with Gasteiger partial charge in [0.05, 0.1) is 6.07 Å². The number of hydrogen-bond donors (Lipinski definition) is 0. The minimum absolute atomic E-state index is 0.0512. The van der Waals surface area contributed by atoms with Crippen molar-refractivity contribution in [3.63, 3.8) is 0 Å². The summed E-state index contributed by atoms with van der Waals surface area (Å²) in [5.41, 5.74) is 1.87. The first-order valence-corrected chi connectivity index (χ1v) is 6.18. The maximum Gasteiger partial charge on any atom is 0.154 e. The van der Waals surface area contributed by atoms with Crippen LogP contribution >= 0.6 is 0 Å². The van der Waals surface area contributed by atoms with E-state index >= 15 is 0 Å². The van der Waals surface area contributed by atoms with Crippen molar-refractivity contribution in [1.29, 1.82) is 5.26 Å². The number of nitriles is 1. The average molecular weight is 229 g/mol. The van der Waals surface area contributed by atoms with Crippen LogP contribution in [-0.4, -0.2) is 5.78 Å². The molecule has 0 saturated carbocycles. The van der Waals surface area contributed by atoms with Gasteiger partial charge in [-0.25, -0.2) is 0 Å². The Morgan fingerprint density at radius 2 is 2.06 bits per heavy atom. The van der Waals surface area contributed by atoms with Crippen LogP contribution in [0.25, 0.3) is 0 Å². The maximum atomic E-state index is 12.0. The molecule has 0 saturated heterocycles. The number of carbonyl (C=O) groups excluding carboxylic acids is 1. The summed E-state index contributed by atoms with van der Waals surface area (Å²) in [5, 5.41) is 9.16. The Morgan fingerprint density at radius 3 is 2.65 bits per heavy atom. The molecule has 1 rings (SSSR count). The Balaban J connectivity index is 2.76. The van der Waals surface area contributed by atoms with E-state index in [1.54, 1.807) is 0 Å². The quantitative estimate of drug-likeness (QED) is 0.697. The number of carbonyl (C=O) groups is 1. The standard InChI is InChI=1S/C15H19NO/c1-3-4-5-10-15(17)14(11-16)13-9-7-6-8-12(13)2/h6-9,14H,3-5,10H2,1-2H3. The summed E-state index contributed by atoms with van der Waals surface area (Å²) in [6, 6.07) is 9.76. The lowest BCUT2D eigenvalue weighted by molar-refractivity contribution is -0.119. The zero-order valence-corrected chi connectivity index (χ0v) is 10.6. The highest BCUT2D eigenvalue weighted by Crippen LogP contribution is 2.22. The Bertz CT molecular complexity index is 417. The van der Waals surface area contributed by atoms with Crippen molar-refractivity contribution in [1.82, 2.24) is 0 Å². The molecule has 0 amide bonds. The number of Topliss-reactive ketones (excluding diaryl/α,β-unsaturated/α-hetero) is 1. The smallest absolute Gasteiger partial charge is 0.154 e. The number of hydrogen-bond acceptors (Lipinski definition) is 2. The van der Waals surface area contributed by atoms with E-state index in [9.17, 15) is 4.79 Å². The van der Waals surface area contributed by atoms with Crippen molar-refractivity contribution in [2.75, 3.05) is 0 Å². The highest BCUT2D eigenvalue weighted by molar-refractivity contribution is 5.88.